The van der Waals surface area contributed by atoms with Gasteiger partial charge in [0.05, 0.1) is 6.54 Å². The fourth-order valence-electron chi connectivity index (χ4n) is 0.775. The van der Waals surface area contributed by atoms with Crippen molar-refractivity contribution in [3.8, 4) is 0 Å². The molecule has 4 N–H and O–H groups in total. The fourth-order valence-corrected chi connectivity index (χ4v) is 0.859. The van der Waals surface area contributed by atoms with Crippen molar-refractivity contribution in [2.24, 2.45) is 5.73 Å². The van der Waals surface area contributed by atoms with Crippen LogP contribution in [-0.2, 0) is 9.59 Å². The molecule has 0 rings (SSSR count). The van der Waals surface area contributed by atoms with Crippen LogP contribution in [0.4, 0.5) is 0 Å². The normalized spacial score (nSPS) is 14.3. The Labute approximate surface area is 89.2 Å². The molecule has 0 aromatic heterocycles. The van der Waals surface area contributed by atoms with Crippen LogP contribution in [0.25, 0.3) is 0 Å². The first-order valence-corrected chi connectivity index (χ1v) is 4.97. The summed E-state index contributed by atoms with van der Waals surface area (Å²) in [4.78, 5) is 22.2. The summed E-state index contributed by atoms with van der Waals surface area (Å²) in [5.74, 6) is -0.147. The molecule has 0 bridgehead atoms. The summed E-state index contributed by atoms with van der Waals surface area (Å²) in [6.07, 6.45) is 0. The molecule has 0 spiro atoms. The summed E-state index contributed by atoms with van der Waals surface area (Å²) >= 11 is 4.77. The van der Waals surface area contributed by atoms with Crippen LogP contribution in [0, 0.1) is 0 Å². The number of rotatable bonds is 5. The molecule has 2 amide bonds. The van der Waals surface area contributed by atoms with Crippen molar-refractivity contribution in [1.29, 1.82) is 0 Å². The van der Waals surface area contributed by atoms with Crippen LogP contribution < -0.4 is 16.4 Å². The molecule has 2 atom stereocenters. The first kappa shape index (κ1) is 13.2. The van der Waals surface area contributed by atoms with Crippen LogP contribution in [0.1, 0.15) is 13.8 Å². The summed E-state index contributed by atoms with van der Waals surface area (Å²) in [7, 11) is 0. The number of nitrogens with one attached hydrogen (secondary N) is 2. The van der Waals surface area contributed by atoms with E-state index in [9.17, 15) is 9.59 Å². The largest absolute Gasteiger partial charge is 0.351 e. The number of hydrogen-bond acceptors (Lipinski definition) is 3. The van der Waals surface area contributed by atoms with Gasteiger partial charge in [-0.2, -0.15) is 0 Å². The summed E-state index contributed by atoms with van der Waals surface area (Å²) in [6.45, 7) is 3.29. The predicted molar refractivity (Wildman–Crippen MR) is 56.7 cm³/mol. The van der Waals surface area contributed by atoms with Crippen LogP contribution in [0.5, 0.6) is 0 Å². The molecule has 1 radical (unpaired) electrons. The maximum absolute atomic E-state index is 11.4. The quantitative estimate of drug-likeness (QED) is 0.562. The van der Waals surface area contributed by atoms with E-state index in [1.807, 2.05) is 6.92 Å². The van der Waals surface area contributed by atoms with Gasteiger partial charge < -0.3 is 16.4 Å². The van der Waals surface area contributed by atoms with Crippen molar-refractivity contribution in [1.82, 2.24) is 10.6 Å². The molecule has 0 saturated heterocycles. The molecule has 0 heterocycles. The van der Waals surface area contributed by atoms with E-state index in [4.69, 9.17) is 18.4 Å². The maximum atomic E-state index is 11.4. The zero-order valence-electron chi connectivity index (χ0n) is 8.37. The van der Waals surface area contributed by atoms with E-state index >= 15 is 0 Å². The van der Waals surface area contributed by atoms with Gasteiger partial charge in [0, 0.05) is 11.8 Å². The average Bonchev–Trinajstić information content (AvgIpc) is 2.17. The van der Waals surface area contributed by atoms with Gasteiger partial charge in [-0.05, 0) is 13.8 Å². The number of hydrogen-bond donors (Lipinski definition) is 3. The monoisotopic (exact) mass is 218 g/mol. The lowest BCUT2D eigenvalue weighted by Crippen LogP contribution is -2.49. The Hall–Kier alpha value is -0.750. The minimum absolute atomic E-state index is 0.0604. The second-order valence-electron chi connectivity index (χ2n) is 3.07. The first-order chi connectivity index (χ1) is 6.51. The molecular formula is C8H16N3O2S. The molecular weight excluding hydrogens is 202 g/mol. The third-order valence-electron chi connectivity index (χ3n) is 1.59. The molecule has 0 aromatic carbocycles. The topological polar surface area (TPSA) is 84.2 Å². The first-order valence-electron chi connectivity index (χ1n) is 4.39. The van der Waals surface area contributed by atoms with Crippen molar-refractivity contribution in [2.75, 3.05) is 12.3 Å². The second-order valence-corrected chi connectivity index (χ2v) is 3.40. The zero-order valence-corrected chi connectivity index (χ0v) is 9.19. The van der Waals surface area contributed by atoms with E-state index in [2.05, 4.69) is 10.6 Å². The van der Waals surface area contributed by atoms with Gasteiger partial charge in [0.15, 0.2) is 0 Å². The third kappa shape index (κ3) is 5.08. The van der Waals surface area contributed by atoms with E-state index in [1.54, 1.807) is 6.92 Å². The lowest BCUT2D eigenvalue weighted by Gasteiger charge is -2.16. The molecule has 0 saturated carbocycles. The molecule has 5 nitrogen and oxygen atoms in total. The highest BCUT2D eigenvalue weighted by Crippen LogP contribution is 1.88. The Morgan fingerprint density at radius 1 is 1.36 bits per heavy atom. The summed E-state index contributed by atoms with van der Waals surface area (Å²) < 4.78 is 0. The Bertz CT molecular complexity index is 211. The van der Waals surface area contributed by atoms with Gasteiger partial charge in [0.1, 0.15) is 6.04 Å². The van der Waals surface area contributed by atoms with Crippen LogP contribution in [0.15, 0.2) is 0 Å². The van der Waals surface area contributed by atoms with E-state index in [0.29, 0.717) is 5.75 Å². The lowest BCUT2D eigenvalue weighted by molar-refractivity contribution is -0.128. The molecule has 6 heteroatoms. The van der Waals surface area contributed by atoms with Gasteiger partial charge in [-0.15, -0.1) is 0 Å². The van der Waals surface area contributed by atoms with Crippen molar-refractivity contribution in [3.63, 3.8) is 0 Å². The minimum Gasteiger partial charge on any atom is -0.351 e. The smallest absolute Gasteiger partial charge is 0.242 e. The Morgan fingerprint density at radius 3 is 2.36 bits per heavy atom. The molecule has 0 fully saturated rings. The second kappa shape index (κ2) is 6.67. The molecule has 14 heavy (non-hydrogen) atoms. The number of amides is 2. The molecule has 0 aliphatic carbocycles. The Morgan fingerprint density at radius 2 is 1.93 bits per heavy atom. The number of carbonyl (C=O) groups excluding carboxylic acids is 2. The van der Waals surface area contributed by atoms with Crippen molar-refractivity contribution >= 4 is 24.4 Å². The molecule has 0 unspecified atom stereocenters. The predicted octanol–water partition coefficient (Wildman–Crippen LogP) is -0.848. The van der Waals surface area contributed by atoms with Crippen molar-refractivity contribution in [3.05, 3.63) is 0 Å². The van der Waals surface area contributed by atoms with Gasteiger partial charge in [0.25, 0.3) is 0 Å². The highest BCUT2D eigenvalue weighted by atomic mass is 32.1. The average molecular weight is 218 g/mol. The Kier molecular flexibility index (Phi) is 6.31. The van der Waals surface area contributed by atoms with Gasteiger partial charge >= 0.3 is 0 Å². The zero-order chi connectivity index (χ0) is 11.1. The van der Waals surface area contributed by atoms with Crippen molar-refractivity contribution in [2.45, 2.75) is 25.9 Å². The van der Waals surface area contributed by atoms with Crippen LogP contribution in [0.3, 0.4) is 0 Å². The summed E-state index contributed by atoms with van der Waals surface area (Å²) in [5, 5.41) is 5.11. The van der Waals surface area contributed by atoms with Gasteiger partial charge in [-0.3, -0.25) is 9.59 Å². The molecule has 0 aliphatic rings. The van der Waals surface area contributed by atoms with Crippen molar-refractivity contribution < 1.29 is 9.59 Å². The van der Waals surface area contributed by atoms with E-state index < -0.39 is 6.04 Å². The standard InChI is InChI=1S/C8H16N3O2S/c1-5(4-14)10-8(13)6(2)11-7(12)3-9/h5-6H,3-4,9H2,1-2H3,(H,10,13)(H,11,12)/t5-,6+/m1/s1. The molecule has 81 valence electrons. The summed E-state index contributed by atoms with van der Waals surface area (Å²) in [5.41, 5.74) is 5.09. The summed E-state index contributed by atoms with van der Waals surface area (Å²) in [6, 6.07) is -0.634. The van der Waals surface area contributed by atoms with E-state index in [0.717, 1.165) is 0 Å². The van der Waals surface area contributed by atoms with Crippen LogP contribution >= 0.6 is 12.6 Å². The number of carbonyl (C=O) groups is 2. The van der Waals surface area contributed by atoms with Gasteiger partial charge in [-0.25, -0.2) is 0 Å². The number of nitrogens with two attached hydrogens (primary N) is 1. The highest BCUT2D eigenvalue weighted by molar-refractivity contribution is 7.80. The fraction of sp³-hybridized carbons (Fsp3) is 0.750. The van der Waals surface area contributed by atoms with Crippen LogP contribution in [0.2, 0.25) is 0 Å². The SMILES string of the molecule is C[C@H](C[S])NC(=O)[C@H](C)NC(=O)CN. The Balaban J connectivity index is 3.93. The minimum atomic E-state index is -0.574. The highest BCUT2D eigenvalue weighted by Gasteiger charge is 2.15. The lowest BCUT2D eigenvalue weighted by atomic mass is 10.3. The van der Waals surface area contributed by atoms with Gasteiger partial charge in [0.2, 0.25) is 11.8 Å². The maximum Gasteiger partial charge on any atom is 0.242 e. The van der Waals surface area contributed by atoms with E-state index in [-0.39, 0.29) is 24.4 Å². The van der Waals surface area contributed by atoms with Gasteiger partial charge in [-0.1, -0.05) is 12.6 Å². The van der Waals surface area contributed by atoms with Crippen LogP contribution in [-0.4, -0.2) is 36.2 Å². The molecule has 0 aliphatic heterocycles. The third-order valence-corrected chi connectivity index (χ3v) is 2.09. The van der Waals surface area contributed by atoms with E-state index in [1.165, 1.54) is 0 Å². The molecule has 0 aromatic rings.